The van der Waals surface area contributed by atoms with E-state index in [1.165, 1.54) is 6.92 Å². The maximum atomic E-state index is 12.3. The van der Waals surface area contributed by atoms with E-state index in [9.17, 15) is 9.59 Å². The molecule has 1 heterocycles. The van der Waals surface area contributed by atoms with Gasteiger partial charge in [-0.05, 0) is 43.2 Å². The molecule has 29 heavy (non-hydrogen) atoms. The van der Waals surface area contributed by atoms with E-state index in [-0.39, 0.29) is 18.3 Å². The Kier molecular flexibility index (Phi) is 5.29. The molecule has 0 aliphatic heterocycles. The summed E-state index contributed by atoms with van der Waals surface area (Å²) in [5.41, 5.74) is 2.57. The van der Waals surface area contributed by atoms with Crippen molar-refractivity contribution in [2.24, 2.45) is 0 Å². The van der Waals surface area contributed by atoms with E-state index in [0.29, 0.717) is 12.2 Å². The molecular formula is C24H21NO4. The van der Waals surface area contributed by atoms with Gasteiger partial charge < -0.3 is 14.5 Å². The molecule has 3 aromatic carbocycles. The van der Waals surface area contributed by atoms with E-state index in [0.717, 1.165) is 27.5 Å². The highest BCUT2D eigenvalue weighted by Crippen LogP contribution is 2.31. The molecule has 0 aliphatic rings. The van der Waals surface area contributed by atoms with Crippen LogP contribution < -0.4 is 10.1 Å². The van der Waals surface area contributed by atoms with Gasteiger partial charge >= 0.3 is 0 Å². The van der Waals surface area contributed by atoms with Gasteiger partial charge in [-0.15, -0.1) is 0 Å². The lowest BCUT2D eigenvalue weighted by Crippen LogP contribution is -2.43. The van der Waals surface area contributed by atoms with E-state index in [1.54, 1.807) is 6.07 Å². The van der Waals surface area contributed by atoms with Crippen LogP contribution in [0.5, 0.6) is 5.75 Å². The van der Waals surface area contributed by atoms with Crippen LogP contribution in [0.4, 0.5) is 0 Å². The SMILES string of the molecule is CC(=O)[C@H](Cc1ccccc1)NC(=O)COc1ccc2oc3ccccc3c2c1. The highest BCUT2D eigenvalue weighted by molar-refractivity contribution is 6.05. The van der Waals surface area contributed by atoms with Gasteiger partial charge in [-0.1, -0.05) is 48.5 Å². The molecular weight excluding hydrogens is 366 g/mol. The van der Waals surface area contributed by atoms with Crippen molar-refractivity contribution in [3.8, 4) is 5.75 Å². The van der Waals surface area contributed by atoms with Crippen molar-refractivity contribution in [1.29, 1.82) is 0 Å². The minimum absolute atomic E-state index is 0.0894. The summed E-state index contributed by atoms with van der Waals surface area (Å²) in [5.74, 6) is 0.147. The minimum atomic E-state index is -0.575. The molecule has 4 rings (SSSR count). The molecule has 146 valence electrons. The minimum Gasteiger partial charge on any atom is -0.484 e. The number of para-hydroxylation sites is 1. The molecule has 0 spiro atoms. The van der Waals surface area contributed by atoms with Crippen molar-refractivity contribution in [2.45, 2.75) is 19.4 Å². The number of ketones is 1. The summed E-state index contributed by atoms with van der Waals surface area (Å²) in [6.07, 6.45) is 0.453. The first-order valence-electron chi connectivity index (χ1n) is 9.48. The summed E-state index contributed by atoms with van der Waals surface area (Å²) in [6.45, 7) is 1.31. The highest BCUT2D eigenvalue weighted by Gasteiger charge is 2.18. The van der Waals surface area contributed by atoms with Crippen molar-refractivity contribution in [3.63, 3.8) is 0 Å². The van der Waals surface area contributed by atoms with Crippen LogP contribution >= 0.6 is 0 Å². The van der Waals surface area contributed by atoms with Crippen LogP contribution in [-0.4, -0.2) is 24.3 Å². The van der Waals surface area contributed by atoms with Gasteiger partial charge in [-0.25, -0.2) is 0 Å². The monoisotopic (exact) mass is 387 g/mol. The van der Waals surface area contributed by atoms with Crippen molar-refractivity contribution >= 4 is 33.6 Å². The molecule has 1 aromatic heterocycles. The normalized spacial score (nSPS) is 12.0. The van der Waals surface area contributed by atoms with E-state index >= 15 is 0 Å². The lowest BCUT2D eigenvalue weighted by Gasteiger charge is -2.16. The summed E-state index contributed by atoms with van der Waals surface area (Å²) in [7, 11) is 0. The topological polar surface area (TPSA) is 68.5 Å². The number of fused-ring (bicyclic) bond motifs is 3. The number of Topliss-reactive ketones (excluding diaryl/α,β-unsaturated/α-hetero) is 1. The van der Waals surface area contributed by atoms with Gasteiger partial charge in [0.1, 0.15) is 16.9 Å². The molecule has 0 aliphatic carbocycles. The highest BCUT2D eigenvalue weighted by atomic mass is 16.5. The zero-order valence-corrected chi connectivity index (χ0v) is 16.1. The molecule has 1 atom stereocenters. The largest absolute Gasteiger partial charge is 0.484 e. The van der Waals surface area contributed by atoms with Crippen LogP contribution in [0.3, 0.4) is 0 Å². The summed E-state index contributed by atoms with van der Waals surface area (Å²) < 4.78 is 11.5. The van der Waals surface area contributed by atoms with Gasteiger partial charge in [0.2, 0.25) is 0 Å². The Labute approximate surface area is 168 Å². The quantitative estimate of drug-likeness (QED) is 0.514. The summed E-state index contributed by atoms with van der Waals surface area (Å²) >= 11 is 0. The number of carbonyl (C=O) groups excluding carboxylic acids is 2. The Bertz CT molecular complexity index is 1160. The second kappa shape index (κ2) is 8.19. The molecule has 5 heteroatoms. The second-order valence-electron chi connectivity index (χ2n) is 6.97. The van der Waals surface area contributed by atoms with Crippen LogP contribution in [0.2, 0.25) is 0 Å². The standard InChI is InChI=1S/C24H21NO4/c1-16(26)21(13-17-7-3-2-4-8-17)25-24(27)15-28-18-11-12-23-20(14-18)19-9-5-6-10-22(19)29-23/h2-12,14,21H,13,15H2,1H3,(H,25,27)/t21-/m0/s1. The number of furan rings is 1. The smallest absolute Gasteiger partial charge is 0.258 e. The third kappa shape index (κ3) is 4.29. The van der Waals surface area contributed by atoms with Crippen LogP contribution in [-0.2, 0) is 16.0 Å². The Morgan fingerprint density at radius 3 is 2.45 bits per heavy atom. The lowest BCUT2D eigenvalue weighted by atomic mass is 10.0. The average Bonchev–Trinajstić information content (AvgIpc) is 3.10. The first kappa shape index (κ1) is 18.7. The second-order valence-corrected chi connectivity index (χ2v) is 6.97. The molecule has 0 saturated carbocycles. The number of benzene rings is 3. The van der Waals surface area contributed by atoms with Gasteiger partial charge in [0.25, 0.3) is 5.91 Å². The van der Waals surface area contributed by atoms with Gasteiger partial charge in [0.15, 0.2) is 12.4 Å². The Hall–Kier alpha value is -3.60. The number of rotatable bonds is 7. The molecule has 0 radical (unpaired) electrons. The lowest BCUT2D eigenvalue weighted by molar-refractivity contribution is -0.128. The summed E-state index contributed by atoms with van der Waals surface area (Å²) in [6, 6.07) is 22.3. The van der Waals surface area contributed by atoms with E-state index in [4.69, 9.17) is 9.15 Å². The maximum absolute atomic E-state index is 12.3. The van der Waals surface area contributed by atoms with Crippen molar-refractivity contribution < 1.29 is 18.7 Å². The fraction of sp³-hybridized carbons (Fsp3) is 0.167. The molecule has 4 aromatic rings. The summed E-state index contributed by atoms with van der Waals surface area (Å²) in [4.78, 5) is 24.3. The predicted molar refractivity (Wildman–Crippen MR) is 112 cm³/mol. The number of ether oxygens (including phenoxy) is 1. The van der Waals surface area contributed by atoms with Crippen LogP contribution in [0.25, 0.3) is 21.9 Å². The fourth-order valence-electron chi connectivity index (χ4n) is 3.33. The Morgan fingerprint density at radius 2 is 1.66 bits per heavy atom. The molecule has 0 unspecified atom stereocenters. The first-order chi connectivity index (χ1) is 14.1. The van der Waals surface area contributed by atoms with Gasteiger partial charge in [0.05, 0.1) is 6.04 Å². The maximum Gasteiger partial charge on any atom is 0.258 e. The third-order valence-corrected chi connectivity index (χ3v) is 4.83. The van der Waals surface area contributed by atoms with Gasteiger partial charge in [-0.2, -0.15) is 0 Å². The van der Waals surface area contributed by atoms with E-state index in [2.05, 4.69) is 5.32 Å². The van der Waals surface area contributed by atoms with Gasteiger partial charge in [0, 0.05) is 10.8 Å². The fourth-order valence-corrected chi connectivity index (χ4v) is 3.33. The molecule has 5 nitrogen and oxygen atoms in total. The van der Waals surface area contributed by atoms with E-state index < -0.39 is 6.04 Å². The zero-order valence-electron chi connectivity index (χ0n) is 16.1. The number of amides is 1. The number of carbonyl (C=O) groups is 2. The molecule has 1 N–H and O–H groups in total. The van der Waals surface area contributed by atoms with Crippen molar-refractivity contribution in [3.05, 3.63) is 78.4 Å². The third-order valence-electron chi connectivity index (χ3n) is 4.83. The molecule has 0 bridgehead atoms. The average molecular weight is 387 g/mol. The molecule has 0 fully saturated rings. The summed E-state index contributed by atoms with van der Waals surface area (Å²) in [5, 5.41) is 4.70. The number of hydrogen-bond donors (Lipinski definition) is 1. The number of hydrogen-bond acceptors (Lipinski definition) is 4. The van der Waals surface area contributed by atoms with Gasteiger partial charge in [-0.3, -0.25) is 9.59 Å². The molecule has 1 amide bonds. The number of nitrogens with one attached hydrogen (secondary N) is 1. The Balaban J connectivity index is 1.42. The predicted octanol–water partition coefficient (Wildman–Crippen LogP) is 4.28. The Morgan fingerprint density at radius 1 is 0.931 bits per heavy atom. The van der Waals surface area contributed by atoms with Crippen LogP contribution in [0, 0.1) is 0 Å². The van der Waals surface area contributed by atoms with Crippen molar-refractivity contribution in [2.75, 3.05) is 6.61 Å². The van der Waals surface area contributed by atoms with Crippen LogP contribution in [0.15, 0.2) is 77.2 Å². The van der Waals surface area contributed by atoms with Crippen molar-refractivity contribution in [1.82, 2.24) is 5.32 Å². The van der Waals surface area contributed by atoms with E-state index in [1.807, 2.05) is 66.7 Å². The molecule has 0 saturated heterocycles. The van der Waals surface area contributed by atoms with Crippen LogP contribution in [0.1, 0.15) is 12.5 Å². The first-order valence-corrected chi connectivity index (χ1v) is 9.48. The zero-order chi connectivity index (χ0) is 20.2.